The van der Waals surface area contributed by atoms with Gasteiger partial charge < -0.3 is 4.90 Å². The smallest absolute Gasteiger partial charge is 0.128 e. The van der Waals surface area contributed by atoms with Gasteiger partial charge in [-0.25, -0.2) is 4.98 Å². The molecule has 2 aliphatic rings. The van der Waals surface area contributed by atoms with E-state index in [0.29, 0.717) is 12.1 Å². The van der Waals surface area contributed by atoms with Crippen LogP contribution in [-0.2, 0) is 6.42 Å². The van der Waals surface area contributed by atoms with Gasteiger partial charge in [0, 0.05) is 42.9 Å². The Balaban J connectivity index is 1.44. The maximum Gasteiger partial charge on any atom is 0.128 e. The molecule has 3 nitrogen and oxygen atoms in total. The van der Waals surface area contributed by atoms with Crippen molar-refractivity contribution in [1.82, 2.24) is 9.88 Å². The van der Waals surface area contributed by atoms with Gasteiger partial charge in [-0.3, -0.25) is 4.90 Å². The van der Waals surface area contributed by atoms with Crippen LogP contribution in [0.3, 0.4) is 0 Å². The Bertz CT molecular complexity index is 753. The molecule has 2 aliphatic heterocycles. The third-order valence-corrected chi connectivity index (χ3v) is 7.27. The molecule has 1 aromatic heterocycles. The van der Waals surface area contributed by atoms with Crippen molar-refractivity contribution in [3.8, 4) is 0 Å². The second kappa shape index (κ2) is 9.49. The van der Waals surface area contributed by atoms with Gasteiger partial charge in [-0.1, -0.05) is 43.6 Å². The summed E-state index contributed by atoms with van der Waals surface area (Å²) in [4.78, 5) is 9.88. The number of piperidine rings is 2. The molecule has 2 aromatic rings. The molecule has 0 N–H and O–H groups in total. The van der Waals surface area contributed by atoms with Crippen LogP contribution in [0.15, 0.2) is 48.7 Å². The fraction of sp³-hybridized carbons (Fsp3) is 0.560. The Morgan fingerprint density at radius 2 is 1.76 bits per heavy atom. The zero-order valence-electron chi connectivity index (χ0n) is 17.8. The number of halogens is 1. The number of nitrogens with zero attached hydrogens (tertiary/aromatic N) is 3. The number of anilines is 1. The number of hydrogen-bond acceptors (Lipinski definition) is 3. The van der Waals surface area contributed by atoms with Crippen LogP contribution in [0.25, 0.3) is 0 Å². The molecule has 2 atom stereocenters. The molecule has 0 amide bonds. The third-order valence-electron chi connectivity index (χ3n) is 7.02. The topological polar surface area (TPSA) is 19.4 Å². The van der Waals surface area contributed by atoms with E-state index in [4.69, 9.17) is 11.6 Å². The van der Waals surface area contributed by atoms with Crippen molar-refractivity contribution in [2.24, 2.45) is 11.8 Å². The minimum atomic E-state index is 0.651. The molecule has 0 bridgehead atoms. The van der Waals surface area contributed by atoms with Crippen LogP contribution >= 0.6 is 11.6 Å². The first-order chi connectivity index (χ1) is 14.1. The van der Waals surface area contributed by atoms with Gasteiger partial charge in [-0.2, -0.15) is 0 Å². The Morgan fingerprint density at radius 1 is 1.00 bits per heavy atom. The highest BCUT2D eigenvalue weighted by atomic mass is 35.5. The summed E-state index contributed by atoms with van der Waals surface area (Å²) >= 11 is 6.10. The highest BCUT2D eigenvalue weighted by Gasteiger charge is 2.35. The van der Waals surface area contributed by atoms with Gasteiger partial charge in [0.1, 0.15) is 5.82 Å². The summed E-state index contributed by atoms with van der Waals surface area (Å²) in [5.41, 5.74) is 1.42. The molecule has 0 aliphatic carbocycles. The second-order valence-corrected chi connectivity index (χ2v) is 9.61. The van der Waals surface area contributed by atoms with Crippen LogP contribution in [0.4, 0.5) is 5.82 Å². The van der Waals surface area contributed by atoms with Crippen LogP contribution < -0.4 is 4.90 Å². The van der Waals surface area contributed by atoms with E-state index in [0.717, 1.165) is 42.2 Å². The lowest BCUT2D eigenvalue weighted by atomic mass is 9.81. The minimum absolute atomic E-state index is 0.651. The van der Waals surface area contributed by atoms with E-state index >= 15 is 0 Å². The van der Waals surface area contributed by atoms with E-state index in [9.17, 15) is 0 Å². The van der Waals surface area contributed by atoms with Crippen LogP contribution in [0.5, 0.6) is 0 Å². The zero-order valence-corrected chi connectivity index (χ0v) is 18.6. The minimum Gasteiger partial charge on any atom is -0.357 e. The molecule has 1 aromatic carbocycles. The molecule has 4 heteroatoms. The number of benzene rings is 1. The van der Waals surface area contributed by atoms with E-state index < -0.39 is 0 Å². The lowest BCUT2D eigenvalue weighted by Gasteiger charge is -2.48. The van der Waals surface area contributed by atoms with Crippen molar-refractivity contribution >= 4 is 17.4 Å². The van der Waals surface area contributed by atoms with Gasteiger partial charge in [-0.15, -0.1) is 0 Å². The molecule has 0 radical (unpaired) electrons. The van der Waals surface area contributed by atoms with Crippen LogP contribution in [0.2, 0.25) is 5.02 Å². The first-order valence-corrected chi connectivity index (χ1v) is 11.6. The van der Waals surface area contributed by atoms with Crippen molar-refractivity contribution in [3.05, 3.63) is 59.2 Å². The van der Waals surface area contributed by atoms with Crippen LogP contribution in [0, 0.1) is 11.8 Å². The second-order valence-electron chi connectivity index (χ2n) is 9.17. The molecular weight excluding hydrogens is 378 g/mol. The van der Waals surface area contributed by atoms with Gasteiger partial charge in [0.15, 0.2) is 0 Å². The summed E-state index contributed by atoms with van der Waals surface area (Å²) in [5.74, 6) is 2.72. The maximum absolute atomic E-state index is 6.10. The third kappa shape index (κ3) is 5.13. The Labute approximate surface area is 181 Å². The monoisotopic (exact) mass is 411 g/mol. The molecule has 2 saturated heterocycles. The zero-order chi connectivity index (χ0) is 20.2. The fourth-order valence-corrected chi connectivity index (χ4v) is 5.28. The van der Waals surface area contributed by atoms with Gasteiger partial charge in [0.25, 0.3) is 0 Å². The molecule has 4 rings (SSSR count). The molecule has 29 heavy (non-hydrogen) atoms. The van der Waals surface area contributed by atoms with Crippen molar-refractivity contribution in [1.29, 1.82) is 0 Å². The molecule has 2 fully saturated rings. The summed E-state index contributed by atoms with van der Waals surface area (Å²) in [6, 6.07) is 16.0. The molecule has 156 valence electrons. The lowest BCUT2D eigenvalue weighted by molar-refractivity contribution is 0.0374. The first-order valence-electron chi connectivity index (χ1n) is 11.3. The maximum atomic E-state index is 6.10. The van der Waals surface area contributed by atoms with E-state index in [1.54, 1.807) is 0 Å². The fourth-order valence-electron chi connectivity index (χ4n) is 5.15. The highest BCUT2D eigenvalue weighted by Crippen LogP contribution is 2.33. The SMILES string of the molecule is CC(C)[C@@H]1CC[C@H](Cc2ccc(Cl)cc2)N(C2CCN(c3ccccn3)CC2)C1. The Kier molecular flexibility index (Phi) is 6.77. The Hall–Kier alpha value is -1.58. The van der Waals surface area contributed by atoms with Crippen molar-refractivity contribution in [2.45, 2.75) is 58.0 Å². The quantitative estimate of drug-likeness (QED) is 0.630. The number of likely N-dealkylation sites (tertiary alicyclic amines) is 1. The van der Waals surface area contributed by atoms with E-state index in [1.807, 2.05) is 24.4 Å². The Morgan fingerprint density at radius 3 is 2.41 bits per heavy atom. The summed E-state index contributed by atoms with van der Waals surface area (Å²) in [6.07, 6.45) is 8.19. The number of aromatic nitrogens is 1. The highest BCUT2D eigenvalue weighted by molar-refractivity contribution is 6.30. The largest absolute Gasteiger partial charge is 0.357 e. The molecular formula is C25H34ClN3. The first kappa shape index (κ1) is 20.7. The van der Waals surface area contributed by atoms with Crippen molar-refractivity contribution in [2.75, 3.05) is 24.5 Å². The van der Waals surface area contributed by atoms with Gasteiger partial charge in [0.2, 0.25) is 0 Å². The summed E-state index contributed by atoms with van der Waals surface area (Å²) in [5, 5.41) is 0.830. The number of rotatable bonds is 5. The molecule has 0 unspecified atom stereocenters. The predicted molar refractivity (Wildman–Crippen MR) is 123 cm³/mol. The van der Waals surface area contributed by atoms with Crippen LogP contribution in [-0.4, -0.2) is 41.6 Å². The number of pyridine rings is 1. The molecule has 3 heterocycles. The van der Waals surface area contributed by atoms with Crippen molar-refractivity contribution in [3.63, 3.8) is 0 Å². The summed E-state index contributed by atoms with van der Waals surface area (Å²) in [6.45, 7) is 8.26. The van der Waals surface area contributed by atoms with E-state index in [2.05, 4.69) is 52.9 Å². The van der Waals surface area contributed by atoms with Gasteiger partial charge in [0.05, 0.1) is 0 Å². The van der Waals surface area contributed by atoms with Crippen LogP contribution in [0.1, 0.15) is 45.1 Å². The summed E-state index contributed by atoms with van der Waals surface area (Å²) in [7, 11) is 0. The average molecular weight is 412 g/mol. The van der Waals surface area contributed by atoms with E-state index in [1.165, 1.54) is 37.8 Å². The lowest BCUT2D eigenvalue weighted by Crippen LogP contribution is -2.54. The number of hydrogen-bond donors (Lipinski definition) is 0. The normalized spacial score (nSPS) is 24.2. The van der Waals surface area contributed by atoms with E-state index in [-0.39, 0.29) is 0 Å². The van der Waals surface area contributed by atoms with Crippen molar-refractivity contribution < 1.29 is 0 Å². The standard InChI is InChI=1S/C25H34ClN3/c1-19(2)21-8-11-24(17-20-6-9-22(26)10-7-20)29(18-21)23-12-15-28(16-13-23)25-5-3-4-14-27-25/h3-7,9-10,14,19,21,23-24H,8,11-13,15-18H2,1-2H3/t21-,24-/m1/s1. The average Bonchev–Trinajstić information content (AvgIpc) is 2.76. The van der Waals surface area contributed by atoms with Gasteiger partial charge >= 0.3 is 0 Å². The molecule has 0 spiro atoms. The summed E-state index contributed by atoms with van der Waals surface area (Å²) < 4.78 is 0. The predicted octanol–water partition coefficient (Wildman–Crippen LogP) is 5.68. The molecule has 0 saturated carbocycles. The van der Waals surface area contributed by atoms with Gasteiger partial charge in [-0.05, 0) is 73.8 Å².